The second kappa shape index (κ2) is 10.5. The molecule has 0 atom stereocenters. The van der Waals surface area contributed by atoms with Crippen molar-refractivity contribution in [2.24, 2.45) is 4.99 Å². The van der Waals surface area contributed by atoms with E-state index in [1.807, 2.05) is 4.90 Å². The van der Waals surface area contributed by atoms with Gasteiger partial charge in [-0.3, -0.25) is 4.79 Å². The van der Waals surface area contributed by atoms with Crippen molar-refractivity contribution in [1.82, 2.24) is 15.1 Å². The summed E-state index contributed by atoms with van der Waals surface area (Å²) in [4.78, 5) is 22.8. The molecule has 1 aromatic rings. The van der Waals surface area contributed by atoms with Crippen LogP contribution in [0.4, 0.5) is 5.69 Å². The lowest BCUT2D eigenvalue weighted by atomic mass is 10.2. The van der Waals surface area contributed by atoms with Crippen molar-refractivity contribution in [1.29, 1.82) is 0 Å². The molecule has 1 aromatic carbocycles. The highest BCUT2D eigenvalue weighted by Gasteiger charge is 2.20. The predicted octanol–water partition coefficient (Wildman–Crippen LogP) is 2.31. The van der Waals surface area contributed by atoms with Gasteiger partial charge in [-0.1, -0.05) is 24.3 Å². The summed E-state index contributed by atoms with van der Waals surface area (Å²) < 4.78 is 0. The Balaban J connectivity index is 0.00000261. The fraction of sp³-hybridized carbons (Fsp3) is 0.500. The highest BCUT2D eigenvalue weighted by Crippen LogP contribution is 2.18. The molecule has 148 valence electrons. The number of nitrogens with zero attached hydrogens (tertiary/aromatic N) is 4. The molecule has 0 bridgehead atoms. The van der Waals surface area contributed by atoms with Gasteiger partial charge in [0.25, 0.3) is 0 Å². The summed E-state index contributed by atoms with van der Waals surface area (Å²) in [6.45, 7) is 10.4. The van der Waals surface area contributed by atoms with E-state index in [1.54, 1.807) is 6.92 Å². The monoisotopic (exact) mass is 483 g/mol. The molecule has 1 fully saturated rings. The molecular formula is C20H30IN5O. The number of anilines is 1. The number of amides is 1. The van der Waals surface area contributed by atoms with E-state index >= 15 is 0 Å². The van der Waals surface area contributed by atoms with E-state index < -0.39 is 0 Å². The summed E-state index contributed by atoms with van der Waals surface area (Å²) in [5, 5.41) is 3.38. The third kappa shape index (κ3) is 5.85. The summed E-state index contributed by atoms with van der Waals surface area (Å²) in [5.74, 6) is 1.09. The van der Waals surface area contributed by atoms with Gasteiger partial charge in [0, 0.05) is 58.4 Å². The first kappa shape index (κ1) is 21.5. The molecule has 0 unspecified atom stereocenters. The second-order valence-corrected chi connectivity index (χ2v) is 6.71. The van der Waals surface area contributed by atoms with E-state index in [4.69, 9.17) is 4.99 Å². The maximum atomic E-state index is 11.5. The van der Waals surface area contributed by atoms with Crippen LogP contribution in [0.5, 0.6) is 0 Å². The standard InChI is InChI=1S/C20H29N5O.HI/c1-3-21-20(25-14-12-23(13-15-25)17(2)26)22-16-18-6-8-19(9-7-18)24-10-4-5-11-24;/h4-9H,3,10-16H2,1-2H3,(H,21,22);1H. The summed E-state index contributed by atoms with van der Waals surface area (Å²) >= 11 is 0. The number of carbonyl (C=O) groups excluding carboxylic acids is 1. The first-order valence-electron chi connectivity index (χ1n) is 9.45. The van der Waals surface area contributed by atoms with Gasteiger partial charge in [0.2, 0.25) is 5.91 Å². The number of hydrogen-bond donors (Lipinski definition) is 1. The SMILES string of the molecule is CCNC(=NCc1ccc(N2CC=CC2)cc1)N1CCN(C(C)=O)CC1.I. The number of halogens is 1. The number of hydrogen-bond acceptors (Lipinski definition) is 3. The Morgan fingerprint density at radius 2 is 1.63 bits per heavy atom. The highest BCUT2D eigenvalue weighted by molar-refractivity contribution is 14.0. The van der Waals surface area contributed by atoms with Crippen molar-refractivity contribution in [3.8, 4) is 0 Å². The van der Waals surface area contributed by atoms with Gasteiger partial charge in [-0.25, -0.2) is 4.99 Å². The molecule has 3 rings (SSSR count). The third-order valence-corrected chi connectivity index (χ3v) is 4.89. The highest BCUT2D eigenvalue weighted by atomic mass is 127. The molecule has 2 aliphatic heterocycles. The number of benzene rings is 1. The van der Waals surface area contributed by atoms with Gasteiger partial charge in [0.1, 0.15) is 0 Å². The largest absolute Gasteiger partial charge is 0.364 e. The number of piperazine rings is 1. The van der Waals surface area contributed by atoms with Crippen molar-refractivity contribution in [3.05, 3.63) is 42.0 Å². The summed E-state index contributed by atoms with van der Waals surface area (Å²) in [7, 11) is 0. The smallest absolute Gasteiger partial charge is 0.219 e. The maximum absolute atomic E-state index is 11.5. The molecule has 2 aliphatic rings. The Labute approximate surface area is 179 Å². The van der Waals surface area contributed by atoms with E-state index in [1.165, 1.54) is 11.3 Å². The lowest BCUT2D eigenvalue weighted by molar-refractivity contribution is -0.130. The van der Waals surface area contributed by atoms with E-state index in [0.29, 0.717) is 6.54 Å². The Hall–Kier alpha value is -1.77. The van der Waals surface area contributed by atoms with E-state index in [2.05, 4.69) is 58.5 Å². The quantitative estimate of drug-likeness (QED) is 0.309. The average molecular weight is 483 g/mol. The Kier molecular flexibility index (Phi) is 8.40. The molecule has 0 spiro atoms. The molecule has 1 N–H and O–H groups in total. The van der Waals surface area contributed by atoms with Crippen LogP contribution in [0.3, 0.4) is 0 Å². The maximum Gasteiger partial charge on any atom is 0.219 e. The first-order chi connectivity index (χ1) is 12.7. The van der Waals surface area contributed by atoms with Gasteiger partial charge in [0.05, 0.1) is 6.54 Å². The van der Waals surface area contributed by atoms with Crippen molar-refractivity contribution in [2.75, 3.05) is 50.7 Å². The molecule has 0 radical (unpaired) electrons. The minimum Gasteiger partial charge on any atom is -0.364 e. The lowest BCUT2D eigenvalue weighted by Gasteiger charge is -2.36. The summed E-state index contributed by atoms with van der Waals surface area (Å²) in [6, 6.07) is 8.68. The van der Waals surface area contributed by atoms with Crippen LogP contribution in [-0.2, 0) is 11.3 Å². The first-order valence-corrected chi connectivity index (χ1v) is 9.45. The normalized spacial score (nSPS) is 17.1. The minimum atomic E-state index is 0. The number of carbonyl (C=O) groups is 1. The molecule has 0 aliphatic carbocycles. The molecule has 0 saturated carbocycles. The van der Waals surface area contributed by atoms with Crippen molar-refractivity contribution in [3.63, 3.8) is 0 Å². The van der Waals surface area contributed by atoms with E-state index in [-0.39, 0.29) is 29.9 Å². The molecular weight excluding hydrogens is 453 g/mol. The zero-order valence-electron chi connectivity index (χ0n) is 16.2. The van der Waals surface area contributed by atoms with Gasteiger partial charge in [0.15, 0.2) is 5.96 Å². The van der Waals surface area contributed by atoms with Crippen LogP contribution in [0, 0.1) is 0 Å². The van der Waals surface area contributed by atoms with Gasteiger partial charge in [-0.05, 0) is 24.6 Å². The number of rotatable bonds is 4. The van der Waals surface area contributed by atoms with Gasteiger partial charge < -0.3 is 20.0 Å². The molecule has 1 amide bonds. The lowest BCUT2D eigenvalue weighted by Crippen LogP contribution is -2.53. The molecule has 6 nitrogen and oxygen atoms in total. The Morgan fingerprint density at radius 3 is 2.19 bits per heavy atom. The van der Waals surface area contributed by atoms with Crippen LogP contribution in [0.2, 0.25) is 0 Å². The zero-order valence-corrected chi connectivity index (χ0v) is 18.6. The van der Waals surface area contributed by atoms with Crippen LogP contribution >= 0.6 is 24.0 Å². The fourth-order valence-corrected chi connectivity index (χ4v) is 3.33. The molecule has 0 aromatic heterocycles. The van der Waals surface area contributed by atoms with Gasteiger partial charge >= 0.3 is 0 Å². The molecule has 1 saturated heterocycles. The number of aliphatic imine (C=N–C) groups is 1. The topological polar surface area (TPSA) is 51.2 Å². The average Bonchev–Trinajstić information content (AvgIpc) is 3.20. The molecule has 27 heavy (non-hydrogen) atoms. The fourth-order valence-electron chi connectivity index (χ4n) is 3.33. The van der Waals surface area contributed by atoms with Crippen LogP contribution in [0.1, 0.15) is 19.4 Å². The van der Waals surface area contributed by atoms with Crippen LogP contribution in [0.25, 0.3) is 0 Å². The predicted molar refractivity (Wildman–Crippen MR) is 122 cm³/mol. The van der Waals surface area contributed by atoms with Gasteiger partial charge in [-0.15, -0.1) is 24.0 Å². The van der Waals surface area contributed by atoms with Crippen LogP contribution in [-0.4, -0.2) is 67.5 Å². The summed E-state index contributed by atoms with van der Waals surface area (Å²) in [6.07, 6.45) is 4.40. The van der Waals surface area contributed by atoms with Crippen molar-refractivity contribution >= 4 is 41.5 Å². The number of guanidine groups is 1. The minimum absolute atomic E-state index is 0. The Bertz CT molecular complexity index is 657. The van der Waals surface area contributed by atoms with Gasteiger partial charge in [-0.2, -0.15) is 0 Å². The van der Waals surface area contributed by atoms with E-state index in [0.717, 1.165) is 51.8 Å². The van der Waals surface area contributed by atoms with Crippen molar-refractivity contribution < 1.29 is 4.79 Å². The van der Waals surface area contributed by atoms with Crippen LogP contribution in [0.15, 0.2) is 41.4 Å². The summed E-state index contributed by atoms with van der Waals surface area (Å²) in [5.41, 5.74) is 2.47. The molecule has 7 heteroatoms. The van der Waals surface area contributed by atoms with Crippen molar-refractivity contribution in [2.45, 2.75) is 20.4 Å². The second-order valence-electron chi connectivity index (χ2n) is 6.71. The molecule has 2 heterocycles. The Morgan fingerprint density at radius 1 is 1.04 bits per heavy atom. The third-order valence-electron chi connectivity index (χ3n) is 4.89. The number of nitrogens with one attached hydrogen (secondary N) is 1. The van der Waals surface area contributed by atoms with Crippen LogP contribution < -0.4 is 10.2 Å². The zero-order chi connectivity index (χ0) is 18.4. The van der Waals surface area contributed by atoms with E-state index in [9.17, 15) is 4.79 Å².